The topological polar surface area (TPSA) is 64.7 Å². The van der Waals surface area contributed by atoms with Crippen molar-refractivity contribution in [3.05, 3.63) is 59.1 Å². The lowest BCUT2D eigenvalue weighted by Gasteiger charge is -2.18. The first kappa shape index (κ1) is 16.8. The highest BCUT2D eigenvalue weighted by Crippen LogP contribution is 2.44. The van der Waals surface area contributed by atoms with Crippen molar-refractivity contribution in [2.24, 2.45) is 7.05 Å². The third-order valence-corrected chi connectivity index (χ3v) is 5.83. The molecule has 0 saturated heterocycles. The van der Waals surface area contributed by atoms with Crippen LogP contribution in [0.4, 0.5) is 10.2 Å². The van der Waals surface area contributed by atoms with Gasteiger partial charge in [-0.25, -0.2) is 9.37 Å². The molecule has 6 nitrogen and oxygen atoms in total. The van der Waals surface area contributed by atoms with Gasteiger partial charge >= 0.3 is 0 Å². The number of nitrogens with one attached hydrogen (secondary N) is 1. The third-order valence-electron chi connectivity index (χ3n) is 4.61. The van der Waals surface area contributed by atoms with Crippen molar-refractivity contribution in [3.63, 3.8) is 0 Å². The standard InChI is InChI=1S/C18H18FN5OS/c1-10-15(11(2)23(3)22-10)17-16-18(21-14(25)8-26-17)20-9-24(16)13-6-4-5-12(19)7-13/h4-7,9,17H,8H2,1-3H3,(H,21,25). The number of anilines is 1. The van der Waals surface area contributed by atoms with Gasteiger partial charge in [-0.15, -0.1) is 11.8 Å². The van der Waals surface area contributed by atoms with Crippen molar-refractivity contribution < 1.29 is 9.18 Å². The lowest BCUT2D eigenvalue weighted by Crippen LogP contribution is -2.12. The van der Waals surface area contributed by atoms with Crippen LogP contribution < -0.4 is 5.32 Å². The van der Waals surface area contributed by atoms with Crippen LogP contribution in [0.15, 0.2) is 30.6 Å². The number of aromatic nitrogens is 4. The molecule has 0 spiro atoms. The summed E-state index contributed by atoms with van der Waals surface area (Å²) in [5.74, 6) is 0.415. The zero-order valence-electron chi connectivity index (χ0n) is 14.7. The van der Waals surface area contributed by atoms with E-state index in [0.29, 0.717) is 17.3 Å². The van der Waals surface area contributed by atoms with E-state index in [9.17, 15) is 9.18 Å². The predicted molar refractivity (Wildman–Crippen MR) is 99.1 cm³/mol. The first-order valence-electron chi connectivity index (χ1n) is 8.20. The molecule has 1 aromatic carbocycles. The van der Waals surface area contributed by atoms with Gasteiger partial charge in [-0.3, -0.25) is 14.0 Å². The Morgan fingerprint density at radius 2 is 2.15 bits per heavy atom. The number of carbonyl (C=O) groups is 1. The minimum Gasteiger partial charge on any atom is -0.308 e. The molecule has 1 aliphatic heterocycles. The highest BCUT2D eigenvalue weighted by molar-refractivity contribution is 8.00. The lowest BCUT2D eigenvalue weighted by molar-refractivity contribution is -0.113. The smallest absolute Gasteiger partial charge is 0.235 e. The normalized spacial score (nSPS) is 16.9. The summed E-state index contributed by atoms with van der Waals surface area (Å²) in [5, 5.41) is 7.24. The summed E-state index contributed by atoms with van der Waals surface area (Å²) >= 11 is 1.53. The summed E-state index contributed by atoms with van der Waals surface area (Å²) < 4.78 is 17.4. The SMILES string of the molecule is Cc1nn(C)c(C)c1C1SCC(=O)Nc2ncn(-c3cccc(F)c3)c21. The average Bonchev–Trinajstić information content (AvgIpc) is 3.06. The van der Waals surface area contributed by atoms with Crippen LogP contribution in [-0.2, 0) is 11.8 Å². The van der Waals surface area contributed by atoms with Crippen molar-refractivity contribution in [1.82, 2.24) is 19.3 Å². The van der Waals surface area contributed by atoms with Crippen LogP contribution in [0.1, 0.15) is 27.9 Å². The molecule has 1 atom stereocenters. The summed E-state index contributed by atoms with van der Waals surface area (Å²) in [4.78, 5) is 16.5. The second-order valence-electron chi connectivity index (χ2n) is 6.28. The van der Waals surface area contributed by atoms with Gasteiger partial charge in [-0.05, 0) is 32.0 Å². The van der Waals surface area contributed by atoms with Crippen molar-refractivity contribution in [2.45, 2.75) is 19.1 Å². The largest absolute Gasteiger partial charge is 0.308 e. The Morgan fingerprint density at radius 1 is 1.35 bits per heavy atom. The molecule has 3 aromatic rings. The number of fused-ring (bicyclic) bond motifs is 1. The minimum absolute atomic E-state index is 0.0950. The van der Waals surface area contributed by atoms with Gasteiger partial charge in [0.2, 0.25) is 5.91 Å². The molecule has 134 valence electrons. The summed E-state index contributed by atoms with van der Waals surface area (Å²) in [5.41, 5.74) is 4.50. The van der Waals surface area contributed by atoms with E-state index in [1.165, 1.54) is 23.9 Å². The summed E-state index contributed by atoms with van der Waals surface area (Å²) in [7, 11) is 1.90. The van der Waals surface area contributed by atoms with Gasteiger partial charge in [-0.1, -0.05) is 6.07 Å². The van der Waals surface area contributed by atoms with Crippen LogP contribution in [0, 0.1) is 19.7 Å². The first-order chi connectivity index (χ1) is 12.5. The third kappa shape index (κ3) is 2.70. The zero-order valence-corrected chi connectivity index (χ0v) is 15.5. The number of amides is 1. The fraction of sp³-hybridized carbons (Fsp3) is 0.278. The molecule has 26 heavy (non-hydrogen) atoms. The Bertz CT molecular complexity index is 1010. The fourth-order valence-electron chi connectivity index (χ4n) is 3.33. The molecule has 1 N–H and O–H groups in total. The lowest BCUT2D eigenvalue weighted by atomic mass is 10.1. The van der Waals surface area contributed by atoms with Gasteiger partial charge in [0.25, 0.3) is 0 Å². The van der Waals surface area contributed by atoms with Crippen LogP contribution in [0.25, 0.3) is 5.69 Å². The summed E-state index contributed by atoms with van der Waals surface area (Å²) in [6.07, 6.45) is 1.62. The molecule has 0 fully saturated rings. The zero-order chi connectivity index (χ0) is 18.4. The molecule has 2 aromatic heterocycles. The summed E-state index contributed by atoms with van der Waals surface area (Å²) in [6.45, 7) is 3.98. The Kier molecular flexibility index (Phi) is 4.07. The van der Waals surface area contributed by atoms with E-state index < -0.39 is 0 Å². The Labute approximate surface area is 154 Å². The molecular formula is C18H18FN5OS. The molecular weight excluding hydrogens is 353 g/mol. The highest BCUT2D eigenvalue weighted by atomic mass is 32.2. The van der Waals surface area contributed by atoms with E-state index in [2.05, 4.69) is 15.4 Å². The van der Waals surface area contributed by atoms with Crippen molar-refractivity contribution in [1.29, 1.82) is 0 Å². The molecule has 3 heterocycles. The van der Waals surface area contributed by atoms with Crippen LogP contribution in [0.3, 0.4) is 0 Å². The van der Waals surface area contributed by atoms with Crippen LogP contribution in [-0.4, -0.2) is 31.0 Å². The van der Waals surface area contributed by atoms with Crippen molar-refractivity contribution in [3.8, 4) is 5.69 Å². The van der Waals surface area contributed by atoms with Gasteiger partial charge in [-0.2, -0.15) is 5.10 Å². The Hall–Kier alpha value is -2.61. The Morgan fingerprint density at radius 3 is 2.85 bits per heavy atom. The van der Waals surface area contributed by atoms with Gasteiger partial charge in [0, 0.05) is 24.0 Å². The van der Waals surface area contributed by atoms with Crippen LogP contribution >= 0.6 is 11.8 Å². The number of nitrogens with zero attached hydrogens (tertiary/aromatic N) is 4. The second kappa shape index (κ2) is 6.28. The number of carbonyl (C=O) groups excluding carboxylic acids is 1. The van der Waals surface area contributed by atoms with E-state index in [-0.39, 0.29) is 17.0 Å². The number of hydrogen-bond acceptors (Lipinski definition) is 4. The molecule has 0 saturated carbocycles. The van der Waals surface area contributed by atoms with E-state index >= 15 is 0 Å². The maximum Gasteiger partial charge on any atom is 0.235 e. The van der Waals surface area contributed by atoms with E-state index in [1.54, 1.807) is 12.4 Å². The van der Waals surface area contributed by atoms with Crippen molar-refractivity contribution in [2.75, 3.05) is 11.1 Å². The number of thioether (sulfide) groups is 1. The molecule has 1 unspecified atom stereocenters. The number of rotatable bonds is 2. The molecule has 0 aliphatic carbocycles. The number of halogens is 1. The minimum atomic E-state index is -0.319. The van der Waals surface area contributed by atoms with Gasteiger partial charge in [0.1, 0.15) is 12.1 Å². The van der Waals surface area contributed by atoms with Crippen LogP contribution in [0.5, 0.6) is 0 Å². The number of hydrogen-bond donors (Lipinski definition) is 1. The molecule has 0 bridgehead atoms. The monoisotopic (exact) mass is 371 g/mol. The van der Waals surface area contributed by atoms with Gasteiger partial charge < -0.3 is 5.32 Å². The molecule has 1 amide bonds. The van der Waals surface area contributed by atoms with Crippen LogP contribution in [0.2, 0.25) is 0 Å². The Balaban J connectivity index is 1.94. The van der Waals surface area contributed by atoms with E-state index in [1.807, 2.05) is 36.2 Å². The molecule has 4 rings (SSSR count). The summed E-state index contributed by atoms with van der Waals surface area (Å²) in [6, 6.07) is 6.35. The maximum absolute atomic E-state index is 13.8. The number of benzene rings is 1. The van der Waals surface area contributed by atoms with Crippen molar-refractivity contribution >= 4 is 23.5 Å². The molecule has 0 radical (unpaired) electrons. The molecule has 8 heteroatoms. The predicted octanol–water partition coefficient (Wildman–Crippen LogP) is 3.14. The highest BCUT2D eigenvalue weighted by Gasteiger charge is 2.32. The fourth-order valence-corrected chi connectivity index (χ4v) is 4.61. The quantitative estimate of drug-likeness (QED) is 0.752. The van der Waals surface area contributed by atoms with Gasteiger partial charge in [0.05, 0.1) is 22.4 Å². The number of aryl methyl sites for hydroxylation is 2. The maximum atomic E-state index is 13.8. The second-order valence-corrected chi connectivity index (χ2v) is 7.37. The number of imidazole rings is 1. The van der Waals surface area contributed by atoms with E-state index in [0.717, 1.165) is 22.6 Å². The first-order valence-corrected chi connectivity index (χ1v) is 9.25. The molecule has 1 aliphatic rings. The average molecular weight is 371 g/mol. The van der Waals surface area contributed by atoms with E-state index in [4.69, 9.17) is 0 Å². The van der Waals surface area contributed by atoms with Gasteiger partial charge in [0.15, 0.2) is 5.82 Å².